The van der Waals surface area contributed by atoms with Gasteiger partial charge in [-0.3, -0.25) is 9.80 Å². The molecule has 1 N–H and O–H groups in total. The van der Waals surface area contributed by atoms with Gasteiger partial charge in [0, 0.05) is 25.8 Å². The SMILES string of the molecule is O=C(c1cccnc1F)N1CCCN1C(=S)NCCC1=CCCCC1. The van der Waals surface area contributed by atoms with Crippen LogP contribution in [-0.4, -0.2) is 45.7 Å². The Morgan fingerprint density at radius 3 is 2.88 bits per heavy atom. The highest BCUT2D eigenvalue weighted by Crippen LogP contribution is 2.20. The van der Waals surface area contributed by atoms with Crippen LogP contribution in [0.15, 0.2) is 30.0 Å². The van der Waals surface area contributed by atoms with Gasteiger partial charge in [-0.05, 0) is 62.9 Å². The fourth-order valence-corrected chi connectivity index (χ4v) is 3.56. The standard InChI is InChI=1S/C18H23FN4OS/c19-16-15(8-4-10-20-16)17(24)22-12-5-13-23(22)18(25)21-11-9-14-6-2-1-3-7-14/h4,6,8,10H,1-3,5,7,9,11-13H2,(H,21,25). The van der Waals surface area contributed by atoms with Crippen molar-refractivity contribution in [3.63, 3.8) is 0 Å². The molecule has 3 rings (SSSR count). The fourth-order valence-electron chi connectivity index (χ4n) is 3.27. The van der Waals surface area contributed by atoms with Crippen LogP contribution in [0.2, 0.25) is 0 Å². The number of nitrogens with one attached hydrogen (secondary N) is 1. The summed E-state index contributed by atoms with van der Waals surface area (Å²) in [4.78, 5) is 16.2. The summed E-state index contributed by atoms with van der Waals surface area (Å²) in [7, 11) is 0. The summed E-state index contributed by atoms with van der Waals surface area (Å²) in [5, 5.41) is 7.00. The fraction of sp³-hybridized carbons (Fsp3) is 0.500. The minimum Gasteiger partial charge on any atom is -0.361 e. The number of pyridine rings is 1. The lowest BCUT2D eigenvalue weighted by molar-refractivity contribution is 0.0486. The molecule has 2 aliphatic rings. The molecule has 0 unspecified atom stereocenters. The summed E-state index contributed by atoms with van der Waals surface area (Å²) >= 11 is 5.45. The second-order valence-corrected chi connectivity index (χ2v) is 6.72. The topological polar surface area (TPSA) is 48.5 Å². The van der Waals surface area contributed by atoms with Crippen LogP contribution in [0.4, 0.5) is 4.39 Å². The van der Waals surface area contributed by atoms with Crippen molar-refractivity contribution in [2.24, 2.45) is 0 Å². The minimum atomic E-state index is -0.748. The van der Waals surface area contributed by atoms with Crippen LogP contribution in [-0.2, 0) is 0 Å². The Morgan fingerprint density at radius 2 is 2.12 bits per heavy atom. The first-order valence-electron chi connectivity index (χ1n) is 8.82. The van der Waals surface area contributed by atoms with Crippen molar-refractivity contribution in [1.29, 1.82) is 0 Å². The van der Waals surface area contributed by atoms with Gasteiger partial charge in [-0.15, -0.1) is 0 Å². The number of hydrogen-bond donors (Lipinski definition) is 1. The van der Waals surface area contributed by atoms with E-state index >= 15 is 0 Å². The van der Waals surface area contributed by atoms with Crippen molar-refractivity contribution < 1.29 is 9.18 Å². The number of carbonyl (C=O) groups excluding carboxylic acids is 1. The molecular weight excluding hydrogens is 339 g/mol. The van der Waals surface area contributed by atoms with E-state index in [1.54, 1.807) is 11.1 Å². The normalized spacial score (nSPS) is 17.4. The molecule has 1 aliphatic carbocycles. The third kappa shape index (κ3) is 4.34. The molecule has 1 fully saturated rings. The Kier molecular flexibility index (Phi) is 5.96. The van der Waals surface area contributed by atoms with E-state index in [1.807, 2.05) is 0 Å². The van der Waals surface area contributed by atoms with Crippen LogP contribution in [0.3, 0.4) is 0 Å². The zero-order valence-electron chi connectivity index (χ0n) is 14.2. The van der Waals surface area contributed by atoms with Crippen molar-refractivity contribution in [2.45, 2.75) is 38.5 Å². The van der Waals surface area contributed by atoms with Gasteiger partial charge >= 0.3 is 0 Å². The van der Waals surface area contributed by atoms with E-state index in [0.29, 0.717) is 18.2 Å². The van der Waals surface area contributed by atoms with Gasteiger partial charge in [-0.2, -0.15) is 4.39 Å². The number of nitrogens with zero attached hydrogens (tertiary/aromatic N) is 3. The van der Waals surface area contributed by atoms with Crippen LogP contribution in [0.1, 0.15) is 48.9 Å². The average molecular weight is 362 g/mol. The van der Waals surface area contributed by atoms with Crippen molar-refractivity contribution in [1.82, 2.24) is 20.3 Å². The molecule has 0 aromatic carbocycles. The number of halogens is 1. The second kappa shape index (κ2) is 8.38. The highest BCUT2D eigenvalue weighted by molar-refractivity contribution is 7.80. The largest absolute Gasteiger partial charge is 0.361 e. The zero-order chi connectivity index (χ0) is 17.6. The Morgan fingerprint density at radius 1 is 1.28 bits per heavy atom. The van der Waals surface area contributed by atoms with Gasteiger partial charge in [0.25, 0.3) is 5.91 Å². The molecule has 0 atom stereocenters. The molecule has 0 saturated carbocycles. The molecule has 25 heavy (non-hydrogen) atoms. The van der Waals surface area contributed by atoms with E-state index in [9.17, 15) is 9.18 Å². The third-order valence-electron chi connectivity index (χ3n) is 4.60. The number of hydrogen-bond acceptors (Lipinski definition) is 3. The first kappa shape index (κ1) is 17.8. The van der Waals surface area contributed by atoms with E-state index in [-0.39, 0.29) is 5.56 Å². The molecule has 2 heterocycles. The van der Waals surface area contributed by atoms with Crippen LogP contribution < -0.4 is 5.32 Å². The number of aromatic nitrogens is 1. The second-order valence-electron chi connectivity index (χ2n) is 6.34. The van der Waals surface area contributed by atoms with Crippen LogP contribution in [0, 0.1) is 5.95 Å². The summed E-state index contributed by atoms with van der Waals surface area (Å²) in [6.45, 7) is 1.94. The number of amides is 1. The van der Waals surface area contributed by atoms with E-state index in [1.165, 1.54) is 48.5 Å². The lowest BCUT2D eigenvalue weighted by Gasteiger charge is -2.30. The monoisotopic (exact) mass is 362 g/mol. The summed E-state index contributed by atoms with van der Waals surface area (Å²) in [6, 6.07) is 3.01. The quantitative estimate of drug-likeness (QED) is 0.507. The molecule has 0 radical (unpaired) electrons. The number of carbonyl (C=O) groups is 1. The number of rotatable bonds is 4. The van der Waals surface area contributed by atoms with Crippen molar-refractivity contribution >= 4 is 23.2 Å². The smallest absolute Gasteiger partial charge is 0.277 e. The van der Waals surface area contributed by atoms with Gasteiger partial charge in [0.1, 0.15) is 0 Å². The Bertz CT molecular complexity index is 679. The lowest BCUT2D eigenvalue weighted by Crippen LogP contribution is -2.49. The minimum absolute atomic E-state index is 0.0236. The van der Waals surface area contributed by atoms with Crippen molar-refractivity contribution in [3.8, 4) is 0 Å². The maximum Gasteiger partial charge on any atom is 0.277 e. The summed E-state index contributed by atoms with van der Waals surface area (Å²) in [5.41, 5.74) is 1.46. The summed E-state index contributed by atoms with van der Waals surface area (Å²) in [6.07, 6.45) is 10.3. The van der Waals surface area contributed by atoms with E-state index in [4.69, 9.17) is 12.2 Å². The molecule has 1 aliphatic heterocycles. The predicted molar refractivity (Wildman–Crippen MR) is 98.3 cm³/mol. The van der Waals surface area contributed by atoms with Gasteiger partial charge in [0.2, 0.25) is 5.95 Å². The molecule has 1 aromatic heterocycles. The molecule has 134 valence electrons. The zero-order valence-corrected chi connectivity index (χ0v) is 15.0. The van der Waals surface area contributed by atoms with Gasteiger partial charge in [0.15, 0.2) is 5.11 Å². The molecule has 0 spiro atoms. The first-order valence-corrected chi connectivity index (χ1v) is 9.23. The third-order valence-corrected chi connectivity index (χ3v) is 4.95. The number of allylic oxidation sites excluding steroid dienone is 1. The molecule has 1 aromatic rings. The van der Waals surface area contributed by atoms with Gasteiger partial charge in [-0.25, -0.2) is 9.99 Å². The van der Waals surface area contributed by atoms with Crippen LogP contribution in [0.5, 0.6) is 0 Å². The molecule has 0 bridgehead atoms. The maximum absolute atomic E-state index is 13.8. The number of thiocarbonyl (C=S) groups is 1. The summed E-state index contributed by atoms with van der Waals surface area (Å²) < 4.78 is 13.8. The maximum atomic E-state index is 13.8. The predicted octanol–water partition coefficient (Wildman–Crippen LogP) is 3.05. The summed E-state index contributed by atoms with van der Waals surface area (Å²) in [5.74, 6) is -1.15. The molecule has 5 nitrogen and oxygen atoms in total. The van der Waals surface area contributed by atoms with E-state index in [2.05, 4.69) is 16.4 Å². The molecule has 1 amide bonds. The van der Waals surface area contributed by atoms with Gasteiger partial charge in [-0.1, -0.05) is 11.6 Å². The molecule has 7 heteroatoms. The Hall–Kier alpha value is -2.02. The lowest BCUT2D eigenvalue weighted by atomic mass is 9.97. The van der Waals surface area contributed by atoms with Crippen molar-refractivity contribution in [3.05, 3.63) is 41.5 Å². The first-order chi connectivity index (χ1) is 12.2. The molecule has 1 saturated heterocycles. The molecular formula is C18H23FN4OS. The van der Waals surface area contributed by atoms with Gasteiger partial charge in [0.05, 0.1) is 5.56 Å². The van der Waals surface area contributed by atoms with E-state index in [0.717, 1.165) is 19.4 Å². The van der Waals surface area contributed by atoms with Gasteiger partial charge < -0.3 is 5.32 Å². The average Bonchev–Trinajstić information content (AvgIpc) is 3.12. The highest BCUT2D eigenvalue weighted by Gasteiger charge is 2.30. The Labute approximate surface area is 152 Å². The number of hydrazine groups is 1. The van der Waals surface area contributed by atoms with Crippen molar-refractivity contribution in [2.75, 3.05) is 19.6 Å². The van der Waals surface area contributed by atoms with E-state index < -0.39 is 11.9 Å². The Balaban J connectivity index is 1.57. The highest BCUT2D eigenvalue weighted by atomic mass is 32.1. The van der Waals surface area contributed by atoms with Crippen LogP contribution in [0.25, 0.3) is 0 Å². The van der Waals surface area contributed by atoms with Crippen LogP contribution >= 0.6 is 12.2 Å².